The van der Waals surface area contributed by atoms with Crippen LogP contribution in [0.3, 0.4) is 0 Å². The van der Waals surface area contributed by atoms with Crippen LogP contribution in [0.1, 0.15) is 5.01 Å². The van der Waals surface area contributed by atoms with E-state index in [4.69, 9.17) is 9.47 Å². The Bertz CT molecular complexity index is 570. The van der Waals surface area contributed by atoms with Crippen LogP contribution >= 0.6 is 11.3 Å². The zero-order valence-electron chi connectivity index (χ0n) is 11.3. The standard InChI is InChI=1S/C15H17NO3S/c1-11-16-14(6-20-11)12-2-4-13(5-3-12)19-10-15(7-17)8-18-9-15/h2-6,17H,7-10H2,1H3. The number of aromatic nitrogens is 1. The summed E-state index contributed by atoms with van der Waals surface area (Å²) < 4.78 is 10.9. The lowest BCUT2D eigenvalue weighted by molar-refractivity contribution is -0.153. The Labute approximate surface area is 122 Å². The normalized spacial score (nSPS) is 16.7. The fourth-order valence-corrected chi connectivity index (χ4v) is 2.69. The van der Waals surface area contributed by atoms with E-state index in [9.17, 15) is 5.11 Å². The van der Waals surface area contributed by atoms with Gasteiger partial charge in [-0.05, 0) is 31.2 Å². The summed E-state index contributed by atoms with van der Waals surface area (Å²) >= 11 is 1.65. The Morgan fingerprint density at radius 1 is 1.35 bits per heavy atom. The molecule has 0 atom stereocenters. The van der Waals surface area contributed by atoms with Crippen LogP contribution in [0, 0.1) is 12.3 Å². The lowest BCUT2D eigenvalue weighted by Crippen LogP contribution is -2.49. The molecule has 2 aromatic rings. The predicted octanol–water partition coefficient (Wildman–Crippen LogP) is 2.51. The first-order valence-electron chi connectivity index (χ1n) is 6.55. The van der Waals surface area contributed by atoms with E-state index in [1.807, 2.05) is 31.2 Å². The summed E-state index contributed by atoms with van der Waals surface area (Å²) in [7, 11) is 0. The third kappa shape index (κ3) is 2.70. The van der Waals surface area contributed by atoms with Gasteiger partial charge in [-0.15, -0.1) is 11.3 Å². The van der Waals surface area contributed by atoms with Gasteiger partial charge in [0.2, 0.25) is 0 Å². The van der Waals surface area contributed by atoms with Crippen molar-refractivity contribution in [3.05, 3.63) is 34.7 Å². The van der Waals surface area contributed by atoms with Crippen LogP contribution in [0.4, 0.5) is 0 Å². The van der Waals surface area contributed by atoms with E-state index in [1.165, 1.54) is 0 Å². The van der Waals surface area contributed by atoms with Crippen LogP contribution < -0.4 is 4.74 Å². The van der Waals surface area contributed by atoms with Crippen molar-refractivity contribution in [2.24, 2.45) is 5.41 Å². The van der Waals surface area contributed by atoms with E-state index in [1.54, 1.807) is 11.3 Å². The summed E-state index contributed by atoms with van der Waals surface area (Å²) in [5, 5.41) is 12.5. The van der Waals surface area contributed by atoms with Crippen molar-refractivity contribution in [1.82, 2.24) is 4.98 Å². The molecule has 1 N–H and O–H groups in total. The average molecular weight is 291 g/mol. The summed E-state index contributed by atoms with van der Waals surface area (Å²) in [4.78, 5) is 4.46. The first-order valence-corrected chi connectivity index (χ1v) is 7.43. The fraction of sp³-hybridized carbons (Fsp3) is 0.400. The summed E-state index contributed by atoms with van der Waals surface area (Å²) in [6.45, 7) is 3.72. The van der Waals surface area contributed by atoms with Crippen LogP contribution in [0.25, 0.3) is 11.3 Å². The maximum atomic E-state index is 9.34. The van der Waals surface area contributed by atoms with Gasteiger partial charge < -0.3 is 14.6 Å². The molecule has 1 aliphatic rings. The van der Waals surface area contributed by atoms with Crippen molar-refractivity contribution >= 4 is 11.3 Å². The van der Waals surface area contributed by atoms with E-state index < -0.39 is 0 Å². The zero-order chi connectivity index (χ0) is 14.0. The third-order valence-electron chi connectivity index (χ3n) is 3.47. The van der Waals surface area contributed by atoms with Crippen molar-refractivity contribution in [2.45, 2.75) is 6.92 Å². The number of aliphatic hydroxyl groups is 1. The number of hydrogen-bond donors (Lipinski definition) is 1. The van der Waals surface area contributed by atoms with Gasteiger partial charge in [-0.3, -0.25) is 0 Å². The molecule has 0 amide bonds. The van der Waals surface area contributed by atoms with Crippen molar-refractivity contribution < 1.29 is 14.6 Å². The Morgan fingerprint density at radius 2 is 2.10 bits per heavy atom. The Balaban J connectivity index is 1.64. The Morgan fingerprint density at radius 3 is 2.60 bits per heavy atom. The molecule has 1 fully saturated rings. The number of benzene rings is 1. The lowest BCUT2D eigenvalue weighted by atomic mass is 9.88. The van der Waals surface area contributed by atoms with Gasteiger partial charge >= 0.3 is 0 Å². The summed E-state index contributed by atoms with van der Waals surface area (Å²) in [6.07, 6.45) is 0. The molecule has 20 heavy (non-hydrogen) atoms. The van der Waals surface area contributed by atoms with E-state index in [-0.39, 0.29) is 12.0 Å². The first kappa shape index (κ1) is 13.5. The van der Waals surface area contributed by atoms with Crippen LogP contribution in [0.5, 0.6) is 5.75 Å². The van der Waals surface area contributed by atoms with Crippen LogP contribution in [-0.2, 0) is 4.74 Å². The molecule has 106 valence electrons. The van der Waals surface area contributed by atoms with Gasteiger partial charge in [0.05, 0.1) is 35.9 Å². The molecule has 5 heteroatoms. The quantitative estimate of drug-likeness (QED) is 0.919. The van der Waals surface area contributed by atoms with E-state index in [0.717, 1.165) is 22.0 Å². The van der Waals surface area contributed by atoms with Gasteiger partial charge in [0, 0.05) is 10.9 Å². The highest BCUT2D eigenvalue weighted by molar-refractivity contribution is 7.09. The van der Waals surface area contributed by atoms with Gasteiger partial charge in [-0.2, -0.15) is 0 Å². The molecule has 1 aromatic heterocycles. The van der Waals surface area contributed by atoms with Gasteiger partial charge in [-0.25, -0.2) is 4.98 Å². The summed E-state index contributed by atoms with van der Waals surface area (Å²) in [5.74, 6) is 0.806. The second-order valence-corrected chi connectivity index (χ2v) is 6.28. The number of aliphatic hydroxyl groups excluding tert-OH is 1. The molecule has 0 saturated carbocycles. The maximum Gasteiger partial charge on any atom is 0.119 e. The number of hydrogen-bond acceptors (Lipinski definition) is 5. The van der Waals surface area contributed by atoms with Crippen LogP contribution in [-0.4, -0.2) is 36.5 Å². The van der Waals surface area contributed by atoms with Crippen molar-refractivity contribution in [3.8, 4) is 17.0 Å². The molecular formula is C15H17NO3S. The molecule has 0 bridgehead atoms. The molecule has 0 aliphatic carbocycles. The monoisotopic (exact) mass is 291 g/mol. The van der Waals surface area contributed by atoms with Crippen molar-refractivity contribution in [3.63, 3.8) is 0 Å². The molecule has 3 rings (SSSR count). The third-order valence-corrected chi connectivity index (χ3v) is 4.24. The molecule has 1 aliphatic heterocycles. The molecule has 0 spiro atoms. The predicted molar refractivity (Wildman–Crippen MR) is 78.1 cm³/mol. The number of rotatable bonds is 5. The molecule has 1 saturated heterocycles. The summed E-state index contributed by atoms with van der Waals surface area (Å²) in [6, 6.07) is 7.89. The van der Waals surface area contributed by atoms with Gasteiger partial charge in [-0.1, -0.05) is 0 Å². The van der Waals surface area contributed by atoms with Crippen LogP contribution in [0.2, 0.25) is 0 Å². The van der Waals surface area contributed by atoms with Crippen molar-refractivity contribution in [1.29, 1.82) is 0 Å². The highest BCUT2D eigenvalue weighted by atomic mass is 32.1. The largest absolute Gasteiger partial charge is 0.493 e. The Kier molecular flexibility index (Phi) is 3.74. The average Bonchev–Trinajstić information content (AvgIpc) is 2.85. The molecule has 1 aromatic carbocycles. The fourth-order valence-electron chi connectivity index (χ4n) is 2.07. The topological polar surface area (TPSA) is 51.6 Å². The number of nitrogens with zero attached hydrogens (tertiary/aromatic N) is 1. The van der Waals surface area contributed by atoms with Crippen LogP contribution in [0.15, 0.2) is 29.6 Å². The highest BCUT2D eigenvalue weighted by Crippen LogP contribution is 2.29. The molecular weight excluding hydrogens is 274 g/mol. The van der Waals surface area contributed by atoms with E-state index in [0.29, 0.717) is 19.8 Å². The maximum absolute atomic E-state index is 9.34. The minimum Gasteiger partial charge on any atom is -0.493 e. The first-order chi connectivity index (χ1) is 9.71. The van der Waals surface area contributed by atoms with E-state index >= 15 is 0 Å². The Hall–Kier alpha value is -1.43. The van der Waals surface area contributed by atoms with Gasteiger partial charge in [0.25, 0.3) is 0 Å². The van der Waals surface area contributed by atoms with Crippen molar-refractivity contribution in [2.75, 3.05) is 26.4 Å². The molecule has 4 nitrogen and oxygen atoms in total. The SMILES string of the molecule is Cc1nc(-c2ccc(OCC3(CO)COC3)cc2)cs1. The number of ether oxygens (including phenoxy) is 2. The van der Waals surface area contributed by atoms with E-state index in [2.05, 4.69) is 10.4 Å². The number of thiazole rings is 1. The van der Waals surface area contributed by atoms with Gasteiger partial charge in [0.1, 0.15) is 12.4 Å². The molecule has 0 unspecified atom stereocenters. The molecule has 0 radical (unpaired) electrons. The molecule has 2 heterocycles. The van der Waals surface area contributed by atoms with Gasteiger partial charge in [0.15, 0.2) is 0 Å². The second-order valence-electron chi connectivity index (χ2n) is 5.22. The smallest absolute Gasteiger partial charge is 0.119 e. The number of aryl methyl sites for hydroxylation is 1. The lowest BCUT2D eigenvalue weighted by Gasteiger charge is -2.39. The highest BCUT2D eigenvalue weighted by Gasteiger charge is 2.39. The summed E-state index contributed by atoms with van der Waals surface area (Å²) in [5.41, 5.74) is 1.87. The minimum atomic E-state index is -0.218. The zero-order valence-corrected chi connectivity index (χ0v) is 12.2. The second kappa shape index (κ2) is 5.52. The minimum absolute atomic E-state index is 0.100.